The fraction of sp³-hybridized carbons (Fsp3) is 0.600. The maximum atomic E-state index is 5.49. The highest BCUT2D eigenvalue weighted by molar-refractivity contribution is 5.29. The number of hydrogen-bond donors (Lipinski definition) is 1. The molecule has 2 heteroatoms. The van der Waals surface area contributed by atoms with Gasteiger partial charge in [-0.1, -0.05) is 24.6 Å². The van der Waals surface area contributed by atoms with E-state index in [2.05, 4.69) is 44.0 Å². The molecule has 0 fully saturated rings. The van der Waals surface area contributed by atoms with Crippen molar-refractivity contribution in [2.45, 2.75) is 39.7 Å². The molecule has 0 amide bonds. The fourth-order valence-electron chi connectivity index (χ4n) is 2.00. The Morgan fingerprint density at radius 2 is 1.82 bits per heavy atom. The summed E-state index contributed by atoms with van der Waals surface area (Å²) >= 11 is 0. The summed E-state index contributed by atoms with van der Waals surface area (Å²) in [5.41, 5.74) is 9.66. The third-order valence-corrected chi connectivity index (χ3v) is 3.27. The number of hydrogen-bond acceptors (Lipinski definition) is 2. The number of unbranched alkanes of at least 4 members (excludes halogenated alkanes) is 2. The van der Waals surface area contributed by atoms with Crippen molar-refractivity contribution < 1.29 is 0 Å². The molecule has 0 atom stereocenters. The molecule has 0 saturated carbocycles. The summed E-state index contributed by atoms with van der Waals surface area (Å²) in [5, 5.41) is 0. The first-order valence-electron chi connectivity index (χ1n) is 6.58. The predicted octanol–water partition coefficient (Wildman–Crippen LogP) is 2.86. The Hall–Kier alpha value is -0.860. The minimum Gasteiger partial charge on any atom is -0.330 e. The lowest BCUT2D eigenvalue weighted by atomic mass is 10.1. The maximum Gasteiger partial charge on any atom is 0.0230 e. The zero-order chi connectivity index (χ0) is 12.7. The van der Waals surface area contributed by atoms with Gasteiger partial charge in [0.25, 0.3) is 0 Å². The summed E-state index contributed by atoms with van der Waals surface area (Å²) in [6, 6.07) is 6.75. The Bertz CT molecular complexity index is 334. The first-order chi connectivity index (χ1) is 8.13. The molecular formula is C15H26N2. The van der Waals surface area contributed by atoms with E-state index in [0.29, 0.717) is 0 Å². The molecule has 0 aliphatic carbocycles. The molecule has 1 rings (SSSR count). The summed E-state index contributed by atoms with van der Waals surface area (Å²) in [6.07, 6.45) is 3.64. The standard InChI is InChI=1S/C15H26N2/c1-13-7-8-15(11-14(13)2)12-17(3)10-6-4-5-9-16/h7-8,11H,4-6,9-10,12,16H2,1-3H3. The van der Waals surface area contributed by atoms with Crippen molar-refractivity contribution in [3.05, 3.63) is 34.9 Å². The van der Waals surface area contributed by atoms with Gasteiger partial charge in [-0.15, -0.1) is 0 Å². The average molecular weight is 234 g/mol. The third-order valence-electron chi connectivity index (χ3n) is 3.27. The van der Waals surface area contributed by atoms with Crippen molar-refractivity contribution in [3.63, 3.8) is 0 Å². The zero-order valence-corrected chi connectivity index (χ0v) is 11.5. The quantitative estimate of drug-likeness (QED) is 0.735. The number of benzene rings is 1. The molecule has 2 N–H and O–H groups in total. The van der Waals surface area contributed by atoms with Gasteiger partial charge in [0.05, 0.1) is 0 Å². The van der Waals surface area contributed by atoms with Crippen molar-refractivity contribution in [2.75, 3.05) is 20.1 Å². The second-order valence-corrected chi connectivity index (χ2v) is 5.01. The van der Waals surface area contributed by atoms with Crippen LogP contribution in [0.1, 0.15) is 36.0 Å². The molecule has 0 saturated heterocycles. The summed E-state index contributed by atoms with van der Waals surface area (Å²) in [5.74, 6) is 0. The lowest BCUT2D eigenvalue weighted by Gasteiger charge is -2.17. The van der Waals surface area contributed by atoms with Crippen molar-refractivity contribution >= 4 is 0 Å². The second-order valence-electron chi connectivity index (χ2n) is 5.01. The van der Waals surface area contributed by atoms with Gasteiger partial charge in [0.1, 0.15) is 0 Å². The van der Waals surface area contributed by atoms with Crippen molar-refractivity contribution in [2.24, 2.45) is 5.73 Å². The van der Waals surface area contributed by atoms with Gasteiger partial charge in [0, 0.05) is 6.54 Å². The van der Waals surface area contributed by atoms with Gasteiger partial charge in [0.2, 0.25) is 0 Å². The smallest absolute Gasteiger partial charge is 0.0230 e. The molecule has 0 radical (unpaired) electrons. The Labute approximate surface area is 106 Å². The molecule has 0 aliphatic rings. The van der Waals surface area contributed by atoms with E-state index < -0.39 is 0 Å². The van der Waals surface area contributed by atoms with Crippen LogP contribution >= 0.6 is 0 Å². The third kappa shape index (κ3) is 5.33. The van der Waals surface area contributed by atoms with Gasteiger partial charge < -0.3 is 10.6 Å². The van der Waals surface area contributed by atoms with Crippen LogP contribution in [0.2, 0.25) is 0 Å². The largest absolute Gasteiger partial charge is 0.330 e. The van der Waals surface area contributed by atoms with E-state index in [-0.39, 0.29) is 0 Å². The minimum atomic E-state index is 0.820. The van der Waals surface area contributed by atoms with Crippen LogP contribution in [0.15, 0.2) is 18.2 Å². The topological polar surface area (TPSA) is 29.3 Å². The summed E-state index contributed by atoms with van der Waals surface area (Å²) < 4.78 is 0. The van der Waals surface area contributed by atoms with E-state index in [1.807, 2.05) is 0 Å². The first kappa shape index (κ1) is 14.2. The lowest BCUT2D eigenvalue weighted by molar-refractivity contribution is 0.317. The van der Waals surface area contributed by atoms with Gasteiger partial charge in [-0.25, -0.2) is 0 Å². The van der Waals surface area contributed by atoms with E-state index in [9.17, 15) is 0 Å². The van der Waals surface area contributed by atoms with Crippen LogP contribution < -0.4 is 5.73 Å². The van der Waals surface area contributed by atoms with Crippen LogP contribution in [0.4, 0.5) is 0 Å². The summed E-state index contributed by atoms with van der Waals surface area (Å²) in [6.45, 7) is 7.37. The molecule has 96 valence electrons. The van der Waals surface area contributed by atoms with Gasteiger partial charge in [-0.2, -0.15) is 0 Å². The Morgan fingerprint density at radius 1 is 1.06 bits per heavy atom. The Kier molecular flexibility index (Phi) is 6.23. The van der Waals surface area contributed by atoms with Crippen molar-refractivity contribution in [3.8, 4) is 0 Å². The van der Waals surface area contributed by atoms with Crippen LogP contribution in [0.5, 0.6) is 0 Å². The molecule has 17 heavy (non-hydrogen) atoms. The molecule has 0 bridgehead atoms. The monoisotopic (exact) mass is 234 g/mol. The van der Waals surface area contributed by atoms with Gasteiger partial charge in [-0.3, -0.25) is 0 Å². The van der Waals surface area contributed by atoms with Gasteiger partial charge in [0.15, 0.2) is 0 Å². The van der Waals surface area contributed by atoms with E-state index in [1.165, 1.54) is 29.5 Å². The molecule has 0 aromatic heterocycles. The minimum absolute atomic E-state index is 0.820. The van der Waals surface area contributed by atoms with Crippen LogP contribution in [-0.4, -0.2) is 25.0 Å². The number of rotatable bonds is 7. The second kappa shape index (κ2) is 7.46. The number of nitrogens with two attached hydrogens (primary N) is 1. The summed E-state index contributed by atoms with van der Waals surface area (Å²) in [7, 11) is 2.19. The maximum absolute atomic E-state index is 5.49. The van der Waals surface area contributed by atoms with E-state index >= 15 is 0 Å². The highest BCUT2D eigenvalue weighted by Crippen LogP contribution is 2.11. The van der Waals surface area contributed by atoms with Gasteiger partial charge >= 0.3 is 0 Å². The number of nitrogens with zero attached hydrogens (tertiary/aromatic N) is 1. The molecule has 0 aliphatic heterocycles. The van der Waals surface area contributed by atoms with Crippen molar-refractivity contribution in [1.29, 1.82) is 0 Å². The van der Waals surface area contributed by atoms with Crippen LogP contribution in [0, 0.1) is 13.8 Å². The first-order valence-corrected chi connectivity index (χ1v) is 6.58. The Morgan fingerprint density at radius 3 is 2.47 bits per heavy atom. The fourth-order valence-corrected chi connectivity index (χ4v) is 2.00. The molecule has 0 heterocycles. The van der Waals surface area contributed by atoms with Crippen molar-refractivity contribution in [1.82, 2.24) is 4.90 Å². The number of aryl methyl sites for hydroxylation is 2. The average Bonchev–Trinajstić information content (AvgIpc) is 2.30. The molecule has 2 nitrogen and oxygen atoms in total. The van der Waals surface area contributed by atoms with E-state index in [0.717, 1.165) is 26.1 Å². The van der Waals surface area contributed by atoms with E-state index in [4.69, 9.17) is 5.73 Å². The normalized spacial score (nSPS) is 11.1. The lowest BCUT2D eigenvalue weighted by Crippen LogP contribution is -2.19. The van der Waals surface area contributed by atoms with Crippen LogP contribution in [0.25, 0.3) is 0 Å². The highest BCUT2D eigenvalue weighted by atomic mass is 15.1. The van der Waals surface area contributed by atoms with E-state index in [1.54, 1.807) is 0 Å². The zero-order valence-electron chi connectivity index (χ0n) is 11.5. The highest BCUT2D eigenvalue weighted by Gasteiger charge is 2.01. The molecular weight excluding hydrogens is 208 g/mol. The summed E-state index contributed by atoms with van der Waals surface area (Å²) in [4.78, 5) is 2.39. The molecule has 1 aromatic rings. The molecule has 0 unspecified atom stereocenters. The van der Waals surface area contributed by atoms with Crippen LogP contribution in [0.3, 0.4) is 0 Å². The Balaban J connectivity index is 2.34. The van der Waals surface area contributed by atoms with Gasteiger partial charge in [-0.05, 0) is 63.5 Å². The SMILES string of the molecule is Cc1ccc(CN(C)CCCCCN)cc1C. The van der Waals surface area contributed by atoms with Crippen LogP contribution in [-0.2, 0) is 6.54 Å². The predicted molar refractivity (Wildman–Crippen MR) is 75.2 cm³/mol. The molecule has 1 aromatic carbocycles. The molecule has 0 spiro atoms.